The van der Waals surface area contributed by atoms with Gasteiger partial charge in [-0.15, -0.1) is 11.8 Å². The Bertz CT molecular complexity index is 471. The van der Waals surface area contributed by atoms with E-state index >= 15 is 0 Å². The molecule has 3 nitrogen and oxygen atoms in total. The zero-order valence-electron chi connectivity index (χ0n) is 8.58. The van der Waals surface area contributed by atoms with Gasteiger partial charge in [-0.2, -0.15) is 0 Å². The van der Waals surface area contributed by atoms with Gasteiger partial charge in [0.05, 0.1) is 18.4 Å². The third kappa shape index (κ3) is 2.01. The predicted octanol–water partition coefficient (Wildman–Crippen LogP) is 2.45. The first-order valence-corrected chi connectivity index (χ1v) is 6.45. The van der Waals surface area contributed by atoms with Gasteiger partial charge in [0.15, 0.2) is 0 Å². The van der Waals surface area contributed by atoms with Crippen molar-refractivity contribution in [1.29, 1.82) is 0 Å². The molecule has 2 rings (SSSR count). The quantitative estimate of drug-likeness (QED) is 0.747. The van der Waals surface area contributed by atoms with E-state index < -0.39 is 5.97 Å². The molecule has 0 saturated carbocycles. The molecule has 84 valence electrons. The monoisotopic (exact) mass is 300 g/mol. The lowest BCUT2D eigenvalue weighted by atomic mass is 10.1. The molecule has 1 aromatic rings. The molecule has 0 unspecified atom stereocenters. The molecule has 16 heavy (non-hydrogen) atoms. The molecule has 1 aromatic carbocycles. The van der Waals surface area contributed by atoms with Crippen LogP contribution in [-0.2, 0) is 16.0 Å². The highest BCUT2D eigenvalue weighted by Gasteiger charge is 2.22. The average molecular weight is 301 g/mol. The van der Waals surface area contributed by atoms with Gasteiger partial charge in [0, 0.05) is 15.8 Å². The van der Waals surface area contributed by atoms with Gasteiger partial charge in [0.2, 0.25) is 0 Å². The number of halogens is 1. The van der Waals surface area contributed by atoms with Crippen LogP contribution < -0.4 is 0 Å². The summed E-state index contributed by atoms with van der Waals surface area (Å²) in [5, 5.41) is 0. The topological polar surface area (TPSA) is 43.4 Å². The van der Waals surface area contributed by atoms with Gasteiger partial charge in [-0.25, -0.2) is 4.79 Å². The normalized spacial score (nSPS) is 14.5. The number of benzene rings is 1. The van der Waals surface area contributed by atoms with Crippen LogP contribution >= 0.6 is 27.7 Å². The molecule has 0 aromatic heterocycles. The van der Waals surface area contributed by atoms with E-state index in [0.717, 1.165) is 10.5 Å². The molecule has 0 aliphatic carbocycles. The van der Waals surface area contributed by atoms with E-state index in [1.54, 1.807) is 6.07 Å². The standard InChI is InChI=1S/C11H9BrO3S/c1-15-11(14)7-2-3-9-8(10(7)12)4-6(13)5-16-9/h2-3H,4-5H2,1H3. The minimum atomic E-state index is -0.391. The highest BCUT2D eigenvalue weighted by Crippen LogP contribution is 2.35. The first-order chi connectivity index (χ1) is 7.63. The van der Waals surface area contributed by atoms with Gasteiger partial charge in [-0.1, -0.05) is 0 Å². The number of thioether (sulfide) groups is 1. The first-order valence-electron chi connectivity index (χ1n) is 4.67. The maximum absolute atomic E-state index is 11.5. The van der Waals surface area contributed by atoms with Crippen LogP contribution in [0.2, 0.25) is 0 Å². The van der Waals surface area contributed by atoms with Crippen LogP contribution in [-0.4, -0.2) is 24.6 Å². The summed E-state index contributed by atoms with van der Waals surface area (Å²) >= 11 is 4.88. The van der Waals surface area contributed by atoms with E-state index in [9.17, 15) is 9.59 Å². The second kappa shape index (κ2) is 4.59. The van der Waals surface area contributed by atoms with E-state index in [2.05, 4.69) is 20.7 Å². The Hall–Kier alpha value is -0.810. The molecule has 1 aliphatic heterocycles. The van der Waals surface area contributed by atoms with E-state index in [0.29, 0.717) is 22.2 Å². The van der Waals surface area contributed by atoms with Crippen LogP contribution in [0.15, 0.2) is 21.5 Å². The number of carbonyl (C=O) groups excluding carboxylic acids is 2. The van der Waals surface area contributed by atoms with Gasteiger partial charge in [-0.05, 0) is 33.6 Å². The Labute approximate surface area is 106 Å². The Morgan fingerprint density at radius 2 is 2.25 bits per heavy atom. The van der Waals surface area contributed by atoms with E-state index in [-0.39, 0.29) is 5.78 Å². The van der Waals surface area contributed by atoms with Gasteiger partial charge in [0.25, 0.3) is 0 Å². The summed E-state index contributed by atoms with van der Waals surface area (Å²) in [5.41, 5.74) is 1.36. The molecule has 0 amide bonds. The number of rotatable bonds is 1. The number of hydrogen-bond donors (Lipinski definition) is 0. The lowest BCUT2D eigenvalue weighted by Gasteiger charge is -2.17. The highest BCUT2D eigenvalue weighted by molar-refractivity contribution is 9.10. The van der Waals surface area contributed by atoms with Crippen molar-refractivity contribution < 1.29 is 14.3 Å². The zero-order valence-corrected chi connectivity index (χ0v) is 11.0. The molecule has 0 fully saturated rings. The first kappa shape index (κ1) is 11.7. The minimum absolute atomic E-state index is 0.181. The van der Waals surface area contributed by atoms with Crippen LogP contribution in [0.5, 0.6) is 0 Å². The van der Waals surface area contributed by atoms with Crippen molar-refractivity contribution in [1.82, 2.24) is 0 Å². The van der Waals surface area contributed by atoms with Crippen molar-refractivity contribution in [2.75, 3.05) is 12.9 Å². The number of hydrogen-bond acceptors (Lipinski definition) is 4. The van der Waals surface area contributed by atoms with Crippen molar-refractivity contribution >= 4 is 39.4 Å². The summed E-state index contributed by atoms with van der Waals surface area (Å²) in [6.07, 6.45) is 0.383. The summed E-state index contributed by atoms with van der Waals surface area (Å²) in [7, 11) is 1.34. The smallest absolute Gasteiger partial charge is 0.339 e. The van der Waals surface area contributed by atoms with Crippen molar-refractivity contribution in [2.24, 2.45) is 0 Å². The third-order valence-corrected chi connectivity index (χ3v) is 4.43. The molecule has 0 spiro atoms. The van der Waals surface area contributed by atoms with Crippen LogP contribution in [0.4, 0.5) is 0 Å². The summed E-state index contributed by atoms with van der Waals surface area (Å²) in [6, 6.07) is 3.58. The number of esters is 1. The van der Waals surface area contributed by atoms with E-state index in [4.69, 9.17) is 0 Å². The molecule has 0 N–H and O–H groups in total. The van der Waals surface area contributed by atoms with Crippen molar-refractivity contribution in [3.05, 3.63) is 27.7 Å². The van der Waals surface area contributed by atoms with Gasteiger partial charge >= 0.3 is 5.97 Å². The van der Waals surface area contributed by atoms with Crippen LogP contribution in [0.1, 0.15) is 15.9 Å². The lowest BCUT2D eigenvalue weighted by molar-refractivity contribution is -0.116. The number of fused-ring (bicyclic) bond motifs is 1. The number of ether oxygens (including phenoxy) is 1. The number of Topliss-reactive ketones (excluding diaryl/α,β-unsaturated/α-hetero) is 1. The summed E-state index contributed by atoms with van der Waals surface area (Å²) in [6.45, 7) is 0. The second-order valence-electron chi connectivity index (χ2n) is 3.40. The fourth-order valence-electron chi connectivity index (χ4n) is 1.58. The molecular weight excluding hydrogens is 292 g/mol. The fraction of sp³-hybridized carbons (Fsp3) is 0.273. The molecule has 1 aliphatic rings. The Morgan fingerprint density at radius 3 is 2.94 bits per heavy atom. The number of methoxy groups -OCH3 is 1. The summed E-state index contributed by atoms with van der Waals surface area (Å²) in [4.78, 5) is 23.9. The number of carbonyl (C=O) groups is 2. The highest BCUT2D eigenvalue weighted by atomic mass is 79.9. The third-order valence-electron chi connectivity index (χ3n) is 2.37. The van der Waals surface area contributed by atoms with Crippen LogP contribution in [0.3, 0.4) is 0 Å². The Balaban J connectivity index is 2.50. The van der Waals surface area contributed by atoms with Gasteiger partial charge in [0.1, 0.15) is 5.78 Å². The van der Waals surface area contributed by atoms with Crippen molar-refractivity contribution in [3.63, 3.8) is 0 Å². The number of ketones is 1. The lowest BCUT2D eigenvalue weighted by Crippen LogP contribution is -2.14. The molecule has 0 bridgehead atoms. The molecule has 1 heterocycles. The van der Waals surface area contributed by atoms with Crippen LogP contribution in [0.25, 0.3) is 0 Å². The SMILES string of the molecule is COC(=O)c1ccc2c(c1Br)CC(=O)CS2. The van der Waals surface area contributed by atoms with Crippen molar-refractivity contribution in [2.45, 2.75) is 11.3 Å². The molecular formula is C11H9BrO3S. The average Bonchev–Trinajstić information content (AvgIpc) is 2.29. The largest absolute Gasteiger partial charge is 0.465 e. The van der Waals surface area contributed by atoms with E-state index in [1.165, 1.54) is 18.9 Å². The fourth-order valence-corrected chi connectivity index (χ4v) is 3.29. The van der Waals surface area contributed by atoms with Crippen LogP contribution in [0, 0.1) is 0 Å². The maximum atomic E-state index is 11.5. The molecule has 5 heteroatoms. The van der Waals surface area contributed by atoms with E-state index in [1.807, 2.05) is 6.07 Å². The molecule has 0 saturated heterocycles. The Kier molecular flexibility index (Phi) is 3.35. The predicted molar refractivity (Wildman–Crippen MR) is 64.9 cm³/mol. The van der Waals surface area contributed by atoms with Gasteiger partial charge < -0.3 is 4.74 Å². The second-order valence-corrected chi connectivity index (χ2v) is 5.21. The maximum Gasteiger partial charge on any atom is 0.339 e. The zero-order chi connectivity index (χ0) is 11.7. The molecule has 0 radical (unpaired) electrons. The summed E-state index contributed by atoms with van der Waals surface area (Å²) < 4.78 is 5.35. The Morgan fingerprint density at radius 1 is 1.50 bits per heavy atom. The summed E-state index contributed by atoms with van der Waals surface area (Å²) in [5.74, 6) is 0.301. The van der Waals surface area contributed by atoms with Crippen molar-refractivity contribution in [3.8, 4) is 0 Å². The van der Waals surface area contributed by atoms with Gasteiger partial charge in [-0.3, -0.25) is 4.79 Å². The molecule has 0 atom stereocenters. The minimum Gasteiger partial charge on any atom is -0.465 e.